The third-order valence-electron chi connectivity index (χ3n) is 5.49. The van der Waals surface area contributed by atoms with Crippen LogP contribution in [0.3, 0.4) is 0 Å². The Labute approximate surface area is 146 Å². The van der Waals surface area contributed by atoms with Crippen molar-refractivity contribution in [2.75, 3.05) is 20.3 Å². The molecule has 6 nitrogen and oxygen atoms in total. The summed E-state index contributed by atoms with van der Waals surface area (Å²) in [6.45, 7) is 2.73. The number of hydrogen-bond acceptors (Lipinski definition) is 5. The molecule has 132 valence electrons. The van der Waals surface area contributed by atoms with Crippen molar-refractivity contribution in [1.29, 1.82) is 0 Å². The van der Waals surface area contributed by atoms with Gasteiger partial charge in [-0.3, -0.25) is 9.69 Å². The fourth-order valence-electron chi connectivity index (χ4n) is 4.37. The number of methoxy groups -OCH3 is 1. The number of ether oxygens (including phenoxy) is 3. The van der Waals surface area contributed by atoms with Gasteiger partial charge in [0.1, 0.15) is 11.3 Å². The molecule has 4 rings (SSSR count). The minimum atomic E-state index is -1.03. The first kappa shape index (κ1) is 16.3. The monoisotopic (exact) mass is 343 g/mol. The van der Waals surface area contributed by atoms with Gasteiger partial charge >= 0.3 is 6.09 Å². The largest absolute Gasteiger partial charge is 0.453 e. The quantitative estimate of drug-likeness (QED) is 0.770. The van der Waals surface area contributed by atoms with Gasteiger partial charge in [-0.05, 0) is 5.56 Å². The molecule has 2 saturated heterocycles. The van der Waals surface area contributed by atoms with Crippen molar-refractivity contribution >= 4 is 11.9 Å². The van der Waals surface area contributed by atoms with Crippen LogP contribution in [0.4, 0.5) is 4.79 Å². The molecule has 4 atom stereocenters. The lowest BCUT2D eigenvalue weighted by Crippen LogP contribution is -2.68. The molecule has 1 aromatic carbocycles. The van der Waals surface area contributed by atoms with Gasteiger partial charge in [-0.2, -0.15) is 0 Å². The fourth-order valence-corrected chi connectivity index (χ4v) is 4.37. The summed E-state index contributed by atoms with van der Waals surface area (Å²) in [5.41, 5.74) is -0.184. The Morgan fingerprint density at radius 2 is 1.92 bits per heavy atom. The van der Waals surface area contributed by atoms with Crippen LogP contribution in [0.2, 0.25) is 0 Å². The first-order valence-corrected chi connectivity index (χ1v) is 8.49. The lowest BCUT2D eigenvalue weighted by Gasteiger charge is -2.51. The predicted octanol–water partition coefficient (Wildman–Crippen LogP) is 2.11. The standard InChI is InChI=1S/C19H21NO5/c1-12-14-8-9-19(17-24-10-11-25-17,20(14)18(22)23-2)15(16(12)21)13-6-4-3-5-7-13/h3-9,12,14-15,17H,10-11H2,1-2H3. The molecule has 25 heavy (non-hydrogen) atoms. The Hall–Kier alpha value is -2.18. The molecule has 0 saturated carbocycles. The molecule has 3 aliphatic rings. The summed E-state index contributed by atoms with van der Waals surface area (Å²) in [6, 6.07) is 9.16. The van der Waals surface area contributed by atoms with Crippen LogP contribution < -0.4 is 0 Å². The summed E-state index contributed by atoms with van der Waals surface area (Å²) in [4.78, 5) is 27.6. The van der Waals surface area contributed by atoms with Crippen molar-refractivity contribution in [3.05, 3.63) is 48.0 Å². The second kappa shape index (κ2) is 5.97. The highest BCUT2D eigenvalue weighted by atomic mass is 16.7. The van der Waals surface area contributed by atoms with Crippen molar-refractivity contribution in [3.8, 4) is 0 Å². The number of carbonyl (C=O) groups excluding carboxylic acids is 2. The Kier molecular flexibility index (Phi) is 3.89. The van der Waals surface area contributed by atoms with Gasteiger partial charge in [-0.1, -0.05) is 49.4 Å². The van der Waals surface area contributed by atoms with E-state index in [2.05, 4.69) is 0 Å². The van der Waals surface area contributed by atoms with Gasteiger partial charge in [-0.25, -0.2) is 4.79 Å². The second-order valence-corrected chi connectivity index (χ2v) is 6.69. The molecule has 0 aromatic heterocycles. The zero-order valence-electron chi connectivity index (χ0n) is 14.3. The van der Waals surface area contributed by atoms with E-state index in [1.807, 2.05) is 49.4 Å². The van der Waals surface area contributed by atoms with E-state index in [1.165, 1.54) is 7.11 Å². The highest BCUT2D eigenvalue weighted by molar-refractivity contribution is 5.94. The number of Topliss-reactive ketones (excluding diaryl/α,β-unsaturated/α-hetero) is 1. The number of hydrogen-bond donors (Lipinski definition) is 0. The minimum Gasteiger partial charge on any atom is -0.453 e. The highest BCUT2D eigenvalue weighted by Gasteiger charge is 2.65. The van der Waals surface area contributed by atoms with E-state index in [9.17, 15) is 9.59 Å². The number of benzene rings is 1. The van der Waals surface area contributed by atoms with E-state index in [0.29, 0.717) is 13.2 Å². The van der Waals surface area contributed by atoms with Crippen LogP contribution in [-0.4, -0.2) is 55.0 Å². The van der Waals surface area contributed by atoms with Crippen LogP contribution in [0.5, 0.6) is 0 Å². The first-order valence-electron chi connectivity index (χ1n) is 8.49. The first-order chi connectivity index (χ1) is 12.1. The van der Waals surface area contributed by atoms with E-state index in [4.69, 9.17) is 14.2 Å². The zero-order chi connectivity index (χ0) is 17.6. The zero-order valence-corrected chi connectivity index (χ0v) is 14.3. The second-order valence-electron chi connectivity index (χ2n) is 6.69. The number of amides is 1. The smallest absolute Gasteiger partial charge is 0.410 e. The Bertz CT molecular complexity index is 712. The summed E-state index contributed by atoms with van der Waals surface area (Å²) in [6.07, 6.45) is 2.64. The maximum Gasteiger partial charge on any atom is 0.410 e. The number of ketones is 1. The summed E-state index contributed by atoms with van der Waals surface area (Å²) >= 11 is 0. The normalized spacial score (nSPS) is 34.6. The molecule has 3 heterocycles. The highest BCUT2D eigenvalue weighted by Crippen LogP contribution is 2.52. The van der Waals surface area contributed by atoms with Crippen LogP contribution in [-0.2, 0) is 19.0 Å². The summed E-state index contributed by atoms with van der Waals surface area (Å²) in [7, 11) is 1.35. The molecule has 0 radical (unpaired) electrons. The van der Waals surface area contributed by atoms with Gasteiger partial charge in [0.15, 0.2) is 6.29 Å². The maximum absolute atomic E-state index is 13.3. The summed E-state index contributed by atoms with van der Waals surface area (Å²) < 4.78 is 16.6. The maximum atomic E-state index is 13.3. The van der Waals surface area contributed by atoms with E-state index < -0.39 is 23.8 Å². The molecular formula is C19H21NO5. The molecule has 4 unspecified atom stereocenters. The van der Waals surface area contributed by atoms with Gasteiger partial charge in [0.25, 0.3) is 0 Å². The van der Waals surface area contributed by atoms with Crippen LogP contribution in [0.1, 0.15) is 18.4 Å². The summed E-state index contributed by atoms with van der Waals surface area (Å²) in [5.74, 6) is -0.820. The van der Waals surface area contributed by atoms with Crippen molar-refractivity contribution in [2.24, 2.45) is 5.92 Å². The van der Waals surface area contributed by atoms with Crippen LogP contribution in [0.15, 0.2) is 42.5 Å². The lowest BCUT2D eigenvalue weighted by atomic mass is 9.69. The van der Waals surface area contributed by atoms with Gasteiger partial charge in [0.05, 0.1) is 32.3 Å². The summed E-state index contributed by atoms with van der Waals surface area (Å²) in [5, 5.41) is 0. The fraction of sp³-hybridized carbons (Fsp3) is 0.474. The average Bonchev–Trinajstić information content (AvgIpc) is 3.28. The van der Waals surface area contributed by atoms with Gasteiger partial charge < -0.3 is 14.2 Å². The van der Waals surface area contributed by atoms with E-state index in [1.54, 1.807) is 4.90 Å². The molecule has 6 heteroatoms. The average molecular weight is 343 g/mol. The Morgan fingerprint density at radius 1 is 1.24 bits per heavy atom. The SMILES string of the molecule is COC(=O)N1C2C=CC1(C1OCCO1)C(c1ccccc1)C(=O)C2C. The minimum absolute atomic E-state index is 0.0838. The van der Waals surface area contributed by atoms with Crippen LogP contribution >= 0.6 is 0 Å². The number of fused-ring (bicyclic) bond motifs is 2. The molecule has 0 spiro atoms. The van der Waals surface area contributed by atoms with Crippen LogP contribution in [0.25, 0.3) is 0 Å². The third-order valence-corrected chi connectivity index (χ3v) is 5.49. The Morgan fingerprint density at radius 3 is 2.56 bits per heavy atom. The molecule has 3 aliphatic heterocycles. The van der Waals surface area contributed by atoms with E-state index >= 15 is 0 Å². The van der Waals surface area contributed by atoms with Crippen molar-refractivity contribution in [2.45, 2.75) is 30.7 Å². The van der Waals surface area contributed by atoms with Crippen molar-refractivity contribution in [3.63, 3.8) is 0 Å². The van der Waals surface area contributed by atoms with Gasteiger partial charge in [-0.15, -0.1) is 0 Å². The number of piperidine rings is 1. The number of rotatable bonds is 2. The molecule has 2 bridgehead atoms. The third kappa shape index (κ3) is 2.17. The lowest BCUT2D eigenvalue weighted by molar-refractivity contribution is -0.162. The van der Waals surface area contributed by atoms with E-state index in [0.717, 1.165) is 5.56 Å². The van der Waals surface area contributed by atoms with Crippen molar-refractivity contribution in [1.82, 2.24) is 4.90 Å². The number of carbonyl (C=O) groups is 2. The van der Waals surface area contributed by atoms with Crippen LogP contribution in [0, 0.1) is 5.92 Å². The molecule has 2 fully saturated rings. The molecule has 1 amide bonds. The predicted molar refractivity (Wildman–Crippen MR) is 88.9 cm³/mol. The number of nitrogens with zero attached hydrogens (tertiary/aromatic N) is 1. The molecular weight excluding hydrogens is 322 g/mol. The molecule has 1 aromatic rings. The Balaban J connectivity index is 1.91. The molecule has 0 aliphatic carbocycles. The molecule has 0 N–H and O–H groups in total. The van der Waals surface area contributed by atoms with E-state index in [-0.39, 0.29) is 17.7 Å². The van der Waals surface area contributed by atoms with Gasteiger partial charge in [0.2, 0.25) is 0 Å². The van der Waals surface area contributed by atoms with Crippen molar-refractivity contribution < 1.29 is 23.8 Å². The van der Waals surface area contributed by atoms with Gasteiger partial charge in [0, 0.05) is 5.92 Å². The topological polar surface area (TPSA) is 65.1 Å².